The van der Waals surface area contributed by atoms with E-state index in [0.717, 1.165) is 0 Å². The van der Waals surface area contributed by atoms with Crippen LogP contribution >= 0.6 is 0 Å². The third-order valence-corrected chi connectivity index (χ3v) is 3.36. The lowest BCUT2D eigenvalue weighted by Gasteiger charge is -2.21. The summed E-state index contributed by atoms with van der Waals surface area (Å²) in [5, 5.41) is 19.8. The van der Waals surface area contributed by atoms with Crippen LogP contribution < -0.4 is 11.1 Å². The van der Waals surface area contributed by atoms with E-state index in [1.54, 1.807) is 34.6 Å². The van der Waals surface area contributed by atoms with Crippen LogP contribution in [0.2, 0.25) is 0 Å². The summed E-state index contributed by atoms with van der Waals surface area (Å²) in [6.07, 6.45) is -0.584. The quantitative estimate of drug-likeness (QED) is 0.544. The van der Waals surface area contributed by atoms with Gasteiger partial charge in [-0.05, 0) is 32.6 Å². The minimum Gasteiger partial charge on any atom is -0.481 e. The predicted molar refractivity (Wildman–Crippen MR) is 95.2 cm³/mol. The van der Waals surface area contributed by atoms with Crippen LogP contribution in [0.1, 0.15) is 48.5 Å². The summed E-state index contributed by atoms with van der Waals surface area (Å²) in [4.78, 5) is 32.4. The zero-order chi connectivity index (χ0) is 20.4. The largest absolute Gasteiger partial charge is 0.481 e. The number of nitrogens with one attached hydrogen (secondary N) is 1. The van der Waals surface area contributed by atoms with E-state index >= 15 is 0 Å². The zero-order valence-corrected chi connectivity index (χ0v) is 16.3. The number of carbonyl (C=O) groups excluding carboxylic acids is 1. The van der Waals surface area contributed by atoms with E-state index in [1.807, 2.05) is 13.8 Å². The predicted octanol–water partition coefficient (Wildman–Crippen LogP) is 2.17. The van der Waals surface area contributed by atoms with Crippen molar-refractivity contribution in [2.75, 3.05) is 13.1 Å². The van der Waals surface area contributed by atoms with Crippen molar-refractivity contribution in [3.8, 4) is 0 Å². The Kier molecular flexibility index (Phi) is 11.9. The fourth-order valence-corrected chi connectivity index (χ4v) is 1.77. The topological polar surface area (TPSA) is 139 Å². The summed E-state index contributed by atoms with van der Waals surface area (Å²) < 4.78 is 5.00. The molecule has 0 saturated carbocycles. The van der Waals surface area contributed by atoms with Crippen LogP contribution in [-0.2, 0) is 14.3 Å². The molecule has 0 unspecified atom stereocenters. The first kappa shape index (κ1) is 25.4. The molecule has 8 heteroatoms. The number of rotatable bonds is 7. The fraction of sp³-hybridized carbons (Fsp3) is 0.824. The molecule has 5 N–H and O–H groups in total. The van der Waals surface area contributed by atoms with Crippen molar-refractivity contribution in [1.82, 2.24) is 5.32 Å². The molecule has 0 radical (unpaired) electrons. The van der Waals surface area contributed by atoms with Gasteiger partial charge in [0.1, 0.15) is 5.60 Å². The highest BCUT2D eigenvalue weighted by Crippen LogP contribution is 2.11. The molecule has 0 aliphatic heterocycles. The Morgan fingerprint density at radius 2 is 1.36 bits per heavy atom. The summed E-state index contributed by atoms with van der Waals surface area (Å²) in [5.74, 6) is -2.59. The average molecular weight is 362 g/mol. The molecular weight excluding hydrogens is 328 g/mol. The number of carboxylic acid groups (broad SMARTS) is 2. The van der Waals surface area contributed by atoms with Gasteiger partial charge in [0.05, 0.1) is 11.8 Å². The molecule has 0 aliphatic carbocycles. The number of alkyl carbamates (subject to hydrolysis) is 1. The van der Waals surface area contributed by atoms with Crippen LogP contribution in [0.4, 0.5) is 4.79 Å². The second-order valence-corrected chi connectivity index (χ2v) is 7.50. The summed E-state index contributed by atoms with van der Waals surface area (Å²) in [5.41, 5.74) is 4.62. The molecule has 0 aliphatic rings. The van der Waals surface area contributed by atoms with E-state index in [9.17, 15) is 14.4 Å². The molecule has 1 amide bonds. The van der Waals surface area contributed by atoms with Crippen molar-refractivity contribution < 1.29 is 29.3 Å². The van der Waals surface area contributed by atoms with Gasteiger partial charge in [-0.3, -0.25) is 9.59 Å². The van der Waals surface area contributed by atoms with Crippen molar-refractivity contribution >= 4 is 18.0 Å². The van der Waals surface area contributed by atoms with Crippen molar-refractivity contribution in [3.05, 3.63) is 0 Å². The molecule has 0 heterocycles. The van der Waals surface area contributed by atoms with E-state index < -0.39 is 29.6 Å². The number of hydrogen-bond donors (Lipinski definition) is 4. The lowest BCUT2D eigenvalue weighted by molar-refractivity contribution is -0.143. The Morgan fingerprint density at radius 1 is 0.960 bits per heavy atom. The molecule has 2 atom stereocenters. The minimum atomic E-state index is -0.911. The monoisotopic (exact) mass is 362 g/mol. The number of aliphatic carboxylic acids is 2. The molecule has 0 rings (SSSR count). The van der Waals surface area contributed by atoms with Gasteiger partial charge >= 0.3 is 18.0 Å². The maximum atomic E-state index is 11.3. The molecular formula is C17H34N2O6. The number of nitrogens with two attached hydrogens (primary N) is 1. The number of hydrogen-bond acceptors (Lipinski definition) is 5. The molecule has 0 saturated heterocycles. The Hall–Kier alpha value is -1.83. The van der Waals surface area contributed by atoms with Crippen LogP contribution in [0.15, 0.2) is 0 Å². The minimum absolute atomic E-state index is 0.0348. The fourth-order valence-electron chi connectivity index (χ4n) is 1.77. The molecule has 0 aromatic rings. The first-order valence-corrected chi connectivity index (χ1v) is 8.35. The molecule has 0 fully saturated rings. The van der Waals surface area contributed by atoms with Crippen LogP contribution in [0, 0.1) is 23.7 Å². The number of carboxylic acids is 2. The summed E-state index contributed by atoms with van der Waals surface area (Å²) in [6, 6.07) is 0. The highest BCUT2D eigenvalue weighted by atomic mass is 16.6. The molecule has 0 spiro atoms. The summed E-state index contributed by atoms with van der Waals surface area (Å²) >= 11 is 0. The van der Waals surface area contributed by atoms with Gasteiger partial charge in [-0.1, -0.05) is 27.7 Å². The van der Waals surface area contributed by atoms with Gasteiger partial charge in [-0.2, -0.15) is 0 Å². The maximum absolute atomic E-state index is 11.3. The normalized spacial score (nSPS) is 13.5. The number of carbonyl (C=O) groups is 3. The lowest BCUT2D eigenvalue weighted by Crippen LogP contribution is -2.38. The third-order valence-electron chi connectivity index (χ3n) is 3.36. The highest BCUT2D eigenvalue weighted by molar-refractivity contribution is 5.73. The standard InChI is InChI=1S/C11H21NO4.C6H13NO2/c1-7(2)8(9(13)14)6-12-10(15)16-11(3,4)5;1-4(2)5(3-7)6(8)9/h7-8H,6H2,1-5H3,(H,12,15)(H,13,14);4-5H,3,7H2,1-2H3,(H,8,9)/t8-;5-/m11/s1. The van der Waals surface area contributed by atoms with Crippen LogP contribution in [0.25, 0.3) is 0 Å². The Balaban J connectivity index is 0. The van der Waals surface area contributed by atoms with Gasteiger partial charge in [0, 0.05) is 13.1 Å². The number of ether oxygens (including phenoxy) is 1. The summed E-state index contributed by atoms with van der Waals surface area (Å²) in [7, 11) is 0. The van der Waals surface area contributed by atoms with Crippen LogP contribution in [-0.4, -0.2) is 46.9 Å². The van der Waals surface area contributed by atoms with Crippen molar-refractivity contribution in [1.29, 1.82) is 0 Å². The van der Waals surface area contributed by atoms with E-state index in [-0.39, 0.29) is 30.8 Å². The van der Waals surface area contributed by atoms with Crippen molar-refractivity contribution in [3.63, 3.8) is 0 Å². The van der Waals surface area contributed by atoms with Gasteiger partial charge in [-0.15, -0.1) is 0 Å². The first-order chi connectivity index (χ1) is 11.2. The van der Waals surface area contributed by atoms with Gasteiger partial charge in [-0.25, -0.2) is 4.79 Å². The molecule has 0 aromatic heterocycles. The Labute approximate surface area is 150 Å². The van der Waals surface area contributed by atoms with E-state index in [4.69, 9.17) is 20.7 Å². The van der Waals surface area contributed by atoms with Crippen molar-refractivity contribution in [2.24, 2.45) is 29.4 Å². The smallest absolute Gasteiger partial charge is 0.407 e. The molecule has 0 bridgehead atoms. The van der Waals surface area contributed by atoms with E-state index in [2.05, 4.69) is 5.32 Å². The molecule has 25 heavy (non-hydrogen) atoms. The SMILES string of the molecule is CC(C)[C@@H](CN)C(=O)O.CC(C)[C@@H](CNC(=O)OC(C)(C)C)C(=O)O. The van der Waals surface area contributed by atoms with E-state index in [1.165, 1.54) is 0 Å². The second kappa shape index (κ2) is 11.7. The Bertz CT molecular complexity index is 429. The maximum Gasteiger partial charge on any atom is 0.407 e. The average Bonchev–Trinajstić information content (AvgIpc) is 2.36. The van der Waals surface area contributed by atoms with E-state index in [0.29, 0.717) is 0 Å². The summed E-state index contributed by atoms with van der Waals surface area (Å²) in [6.45, 7) is 12.9. The van der Waals surface area contributed by atoms with Gasteiger partial charge in [0.25, 0.3) is 0 Å². The zero-order valence-electron chi connectivity index (χ0n) is 16.3. The third kappa shape index (κ3) is 13.2. The first-order valence-electron chi connectivity index (χ1n) is 8.35. The molecule has 148 valence electrons. The van der Waals surface area contributed by atoms with Crippen molar-refractivity contribution in [2.45, 2.75) is 54.1 Å². The van der Waals surface area contributed by atoms with Gasteiger partial charge in [0.2, 0.25) is 0 Å². The van der Waals surface area contributed by atoms with Crippen LogP contribution in [0.3, 0.4) is 0 Å². The lowest BCUT2D eigenvalue weighted by atomic mass is 9.96. The molecule has 8 nitrogen and oxygen atoms in total. The Morgan fingerprint density at radius 3 is 1.56 bits per heavy atom. The molecule has 0 aromatic carbocycles. The van der Waals surface area contributed by atoms with Gasteiger partial charge < -0.3 is 26.0 Å². The van der Waals surface area contributed by atoms with Crippen LogP contribution in [0.5, 0.6) is 0 Å². The number of amides is 1. The van der Waals surface area contributed by atoms with Gasteiger partial charge in [0.15, 0.2) is 0 Å². The second-order valence-electron chi connectivity index (χ2n) is 7.50. The highest BCUT2D eigenvalue weighted by Gasteiger charge is 2.23.